The number of benzene rings is 2. The van der Waals surface area contributed by atoms with Gasteiger partial charge in [-0.3, -0.25) is 4.79 Å². The molecule has 25 heavy (non-hydrogen) atoms. The quantitative estimate of drug-likeness (QED) is 0.700. The van der Waals surface area contributed by atoms with Crippen molar-refractivity contribution in [3.63, 3.8) is 0 Å². The molecule has 0 radical (unpaired) electrons. The van der Waals surface area contributed by atoms with E-state index < -0.39 is 17.5 Å². The Hall–Kier alpha value is -2.44. The van der Waals surface area contributed by atoms with Crippen LogP contribution in [0.5, 0.6) is 0 Å². The third kappa shape index (κ3) is 4.15. The summed E-state index contributed by atoms with van der Waals surface area (Å²) in [4.78, 5) is 12.1. The molecule has 0 fully saturated rings. The van der Waals surface area contributed by atoms with E-state index in [-0.39, 0.29) is 17.9 Å². The molecule has 3 rings (SSSR count). The highest BCUT2D eigenvalue weighted by Gasteiger charge is 2.13. The van der Waals surface area contributed by atoms with E-state index in [9.17, 15) is 13.6 Å². The number of carbonyl (C=O) groups is 1. The van der Waals surface area contributed by atoms with Crippen molar-refractivity contribution in [3.8, 4) is 11.3 Å². The molecule has 0 saturated carbocycles. The summed E-state index contributed by atoms with van der Waals surface area (Å²) in [6.45, 7) is 0.0509. The van der Waals surface area contributed by atoms with Gasteiger partial charge in [0.05, 0.1) is 12.1 Å². The fourth-order valence-corrected chi connectivity index (χ4v) is 2.70. The third-order valence-electron chi connectivity index (χ3n) is 3.31. The Morgan fingerprint density at radius 1 is 1.08 bits per heavy atom. The van der Waals surface area contributed by atoms with Crippen molar-refractivity contribution in [2.24, 2.45) is 0 Å². The van der Waals surface area contributed by atoms with Crippen molar-refractivity contribution in [2.75, 3.05) is 0 Å². The first-order valence-corrected chi connectivity index (χ1v) is 7.83. The molecular formula is C17H10Cl2F2N2O2. The van der Waals surface area contributed by atoms with Crippen LogP contribution in [0.15, 0.2) is 47.0 Å². The van der Waals surface area contributed by atoms with E-state index in [0.29, 0.717) is 21.3 Å². The molecule has 0 bridgehead atoms. The van der Waals surface area contributed by atoms with Crippen LogP contribution in [0.3, 0.4) is 0 Å². The summed E-state index contributed by atoms with van der Waals surface area (Å²) in [5.74, 6) is -1.72. The number of nitrogens with one attached hydrogen (secondary N) is 1. The number of halogens is 4. The average Bonchev–Trinajstić information content (AvgIpc) is 3.00. The van der Waals surface area contributed by atoms with E-state index in [2.05, 4.69) is 10.5 Å². The maximum absolute atomic E-state index is 13.7. The highest BCUT2D eigenvalue weighted by Crippen LogP contribution is 2.24. The zero-order valence-corrected chi connectivity index (χ0v) is 14.0. The van der Waals surface area contributed by atoms with Crippen LogP contribution in [0.25, 0.3) is 11.3 Å². The van der Waals surface area contributed by atoms with E-state index >= 15 is 0 Å². The molecule has 0 aliphatic rings. The zero-order chi connectivity index (χ0) is 18.0. The number of aromatic nitrogens is 1. The van der Waals surface area contributed by atoms with Gasteiger partial charge in [0, 0.05) is 27.7 Å². The molecule has 3 aromatic rings. The van der Waals surface area contributed by atoms with Gasteiger partial charge >= 0.3 is 0 Å². The maximum Gasteiger partial charge on any atom is 0.251 e. The minimum absolute atomic E-state index is 0.0509. The van der Waals surface area contributed by atoms with E-state index in [1.54, 1.807) is 0 Å². The van der Waals surface area contributed by atoms with E-state index in [1.807, 2.05) is 0 Å². The normalized spacial score (nSPS) is 10.7. The minimum Gasteiger partial charge on any atom is -0.356 e. The van der Waals surface area contributed by atoms with Crippen LogP contribution in [0, 0.1) is 11.6 Å². The van der Waals surface area contributed by atoms with Gasteiger partial charge in [0.2, 0.25) is 0 Å². The Kier molecular flexibility index (Phi) is 5.01. The number of nitrogens with zero attached hydrogens (tertiary/aromatic N) is 1. The van der Waals surface area contributed by atoms with Crippen molar-refractivity contribution in [2.45, 2.75) is 6.54 Å². The summed E-state index contributed by atoms with van der Waals surface area (Å²) in [5, 5.41) is 7.06. The Labute approximate surface area is 151 Å². The summed E-state index contributed by atoms with van der Waals surface area (Å²) in [7, 11) is 0. The zero-order valence-electron chi connectivity index (χ0n) is 12.5. The molecule has 0 unspecified atom stereocenters. The topological polar surface area (TPSA) is 55.1 Å². The van der Waals surface area contributed by atoms with Gasteiger partial charge in [-0.2, -0.15) is 0 Å². The van der Waals surface area contributed by atoms with Crippen LogP contribution in [0.4, 0.5) is 8.78 Å². The lowest BCUT2D eigenvalue weighted by Gasteiger charge is -2.04. The van der Waals surface area contributed by atoms with Crippen LogP contribution in [0.1, 0.15) is 16.1 Å². The lowest BCUT2D eigenvalue weighted by Crippen LogP contribution is -2.22. The number of hydrogen-bond acceptors (Lipinski definition) is 3. The average molecular weight is 383 g/mol. The lowest BCUT2D eigenvalue weighted by atomic mass is 10.1. The van der Waals surface area contributed by atoms with Crippen molar-refractivity contribution in [1.29, 1.82) is 0 Å². The molecule has 0 spiro atoms. The molecule has 1 amide bonds. The Balaban J connectivity index is 1.70. The van der Waals surface area contributed by atoms with Gasteiger partial charge < -0.3 is 9.84 Å². The molecule has 0 aliphatic carbocycles. The SMILES string of the molecule is O=C(NCc1cc(-c2ccc(F)cc2F)on1)c1cc(Cl)cc(Cl)c1. The molecule has 128 valence electrons. The monoisotopic (exact) mass is 382 g/mol. The second-order valence-electron chi connectivity index (χ2n) is 5.15. The molecule has 0 aliphatic heterocycles. The number of amides is 1. The fourth-order valence-electron chi connectivity index (χ4n) is 2.17. The molecule has 4 nitrogen and oxygen atoms in total. The fraction of sp³-hybridized carbons (Fsp3) is 0.0588. The van der Waals surface area contributed by atoms with Crippen LogP contribution >= 0.6 is 23.2 Å². The molecule has 1 aromatic heterocycles. The number of hydrogen-bond donors (Lipinski definition) is 1. The van der Waals surface area contributed by atoms with E-state index in [4.69, 9.17) is 27.7 Å². The molecule has 0 saturated heterocycles. The van der Waals surface area contributed by atoms with Crippen molar-refractivity contribution in [1.82, 2.24) is 10.5 Å². The van der Waals surface area contributed by atoms with Gasteiger partial charge in [0.15, 0.2) is 5.76 Å². The first-order chi connectivity index (χ1) is 11.9. The first-order valence-electron chi connectivity index (χ1n) is 7.07. The van der Waals surface area contributed by atoms with Crippen molar-refractivity contribution < 1.29 is 18.1 Å². The summed E-state index contributed by atoms with van der Waals surface area (Å²) in [5.41, 5.74) is 0.749. The van der Waals surface area contributed by atoms with Crippen LogP contribution < -0.4 is 5.32 Å². The molecule has 1 heterocycles. The Morgan fingerprint density at radius 2 is 1.80 bits per heavy atom. The van der Waals surface area contributed by atoms with Gasteiger partial charge in [-0.25, -0.2) is 8.78 Å². The number of rotatable bonds is 4. The van der Waals surface area contributed by atoms with Crippen molar-refractivity contribution >= 4 is 29.1 Å². The van der Waals surface area contributed by atoms with Crippen LogP contribution in [-0.2, 0) is 6.54 Å². The van der Waals surface area contributed by atoms with Gasteiger partial charge in [0.25, 0.3) is 5.91 Å². The summed E-state index contributed by atoms with van der Waals surface area (Å²) >= 11 is 11.7. The standard InChI is InChI=1S/C17H10Cl2F2N2O2/c18-10-3-9(4-11(19)5-10)17(24)22-8-13-7-16(25-23-13)14-2-1-12(20)6-15(14)21/h1-7H,8H2,(H,22,24). The Bertz CT molecular complexity index is 924. The molecule has 2 aromatic carbocycles. The largest absolute Gasteiger partial charge is 0.356 e. The smallest absolute Gasteiger partial charge is 0.251 e. The summed E-state index contributed by atoms with van der Waals surface area (Å²) in [6, 6.07) is 9.05. The molecule has 0 atom stereocenters. The predicted molar refractivity (Wildman–Crippen MR) is 89.5 cm³/mol. The van der Waals surface area contributed by atoms with Gasteiger partial charge in [-0.1, -0.05) is 28.4 Å². The highest BCUT2D eigenvalue weighted by molar-refractivity contribution is 6.35. The van der Waals surface area contributed by atoms with Gasteiger partial charge in [0.1, 0.15) is 17.3 Å². The van der Waals surface area contributed by atoms with E-state index in [0.717, 1.165) is 12.1 Å². The molecular weight excluding hydrogens is 373 g/mol. The minimum atomic E-state index is -0.764. The number of carbonyl (C=O) groups excluding carboxylic acids is 1. The van der Waals surface area contributed by atoms with Crippen molar-refractivity contribution in [3.05, 3.63) is 75.4 Å². The van der Waals surface area contributed by atoms with Crippen LogP contribution in [0.2, 0.25) is 10.0 Å². The van der Waals surface area contributed by atoms with Gasteiger partial charge in [-0.15, -0.1) is 0 Å². The second-order valence-corrected chi connectivity index (χ2v) is 6.02. The summed E-state index contributed by atoms with van der Waals surface area (Å²) in [6.07, 6.45) is 0. The van der Waals surface area contributed by atoms with Crippen LogP contribution in [-0.4, -0.2) is 11.1 Å². The van der Waals surface area contributed by atoms with Gasteiger partial charge in [-0.05, 0) is 30.3 Å². The third-order valence-corrected chi connectivity index (χ3v) is 3.75. The lowest BCUT2D eigenvalue weighted by molar-refractivity contribution is 0.0950. The second kappa shape index (κ2) is 7.21. The highest BCUT2D eigenvalue weighted by atomic mass is 35.5. The van der Waals surface area contributed by atoms with E-state index in [1.165, 1.54) is 30.3 Å². The molecule has 1 N–H and O–H groups in total. The molecule has 8 heteroatoms. The maximum atomic E-state index is 13.7. The predicted octanol–water partition coefficient (Wildman–Crippen LogP) is 4.86. The summed E-state index contributed by atoms with van der Waals surface area (Å²) < 4.78 is 31.7. The Morgan fingerprint density at radius 3 is 2.48 bits per heavy atom. The first kappa shape index (κ1) is 17.4.